The number of hydrogen-bond acceptors (Lipinski definition) is 4. The Labute approximate surface area is 165 Å². The molecule has 1 N–H and O–H groups in total. The third-order valence-electron chi connectivity index (χ3n) is 5.90. The molecule has 2 heterocycles. The zero-order valence-corrected chi connectivity index (χ0v) is 17.2. The Balaban J connectivity index is 1.46. The average Bonchev–Trinajstić information content (AvgIpc) is 3.13. The Bertz CT molecular complexity index is 1000. The van der Waals surface area contributed by atoms with E-state index in [2.05, 4.69) is 10.2 Å². The van der Waals surface area contributed by atoms with Gasteiger partial charge in [0.05, 0.1) is 4.90 Å². The molecule has 1 aliphatic heterocycles. The number of aromatic amines is 1. The number of nitrogens with zero attached hydrogens (tertiary/aromatic N) is 3. The second-order valence-electron chi connectivity index (χ2n) is 7.68. The van der Waals surface area contributed by atoms with Gasteiger partial charge >= 0.3 is 0 Å². The molecule has 1 fully saturated rings. The van der Waals surface area contributed by atoms with E-state index in [0.717, 1.165) is 48.1 Å². The highest BCUT2D eigenvalue weighted by molar-refractivity contribution is 7.89. The number of carbonyl (C=O) groups is 1. The van der Waals surface area contributed by atoms with Gasteiger partial charge in [-0.3, -0.25) is 9.89 Å². The zero-order valence-electron chi connectivity index (χ0n) is 16.4. The second kappa shape index (κ2) is 7.33. The van der Waals surface area contributed by atoms with Crippen LogP contribution in [0.2, 0.25) is 0 Å². The largest absolute Gasteiger partial charge is 0.335 e. The van der Waals surface area contributed by atoms with Crippen molar-refractivity contribution in [2.75, 3.05) is 26.2 Å². The molecule has 8 heteroatoms. The van der Waals surface area contributed by atoms with Crippen molar-refractivity contribution in [2.24, 2.45) is 0 Å². The van der Waals surface area contributed by atoms with Gasteiger partial charge in [0, 0.05) is 37.4 Å². The molecule has 2 aromatic rings. The van der Waals surface area contributed by atoms with Crippen LogP contribution in [0.15, 0.2) is 23.1 Å². The van der Waals surface area contributed by atoms with E-state index in [0.29, 0.717) is 36.8 Å². The first-order valence-corrected chi connectivity index (χ1v) is 11.2. The first-order chi connectivity index (χ1) is 13.4. The highest BCUT2D eigenvalue weighted by Gasteiger charge is 2.32. The van der Waals surface area contributed by atoms with Gasteiger partial charge in [-0.15, -0.1) is 0 Å². The van der Waals surface area contributed by atoms with E-state index in [1.54, 1.807) is 17.0 Å². The molecule has 1 saturated heterocycles. The third kappa shape index (κ3) is 3.35. The smallest absolute Gasteiger partial charge is 0.274 e. The summed E-state index contributed by atoms with van der Waals surface area (Å²) in [6.45, 7) is 5.23. The molecular weight excluding hydrogens is 376 g/mol. The Morgan fingerprint density at radius 1 is 1.04 bits per heavy atom. The first kappa shape index (κ1) is 19.1. The molecule has 4 rings (SSSR count). The van der Waals surface area contributed by atoms with Crippen molar-refractivity contribution in [3.05, 3.63) is 46.3 Å². The first-order valence-electron chi connectivity index (χ1n) is 9.81. The monoisotopic (exact) mass is 402 g/mol. The minimum absolute atomic E-state index is 0.0948. The van der Waals surface area contributed by atoms with E-state index in [1.807, 2.05) is 19.9 Å². The fraction of sp³-hybridized carbons (Fsp3) is 0.500. The number of aryl methyl sites for hydroxylation is 3. The predicted molar refractivity (Wildman–Crippen MR) is 106 cm³/mol. The fourth-order valence-electron chi connectivity index (χ4n) is 3.96. The van der Waals surface area contributed by atoms with Crippen LogP contribution in [0.25, 0.3) is 0 Å². The summed E-state index contributed by atoms with van der Waals surface area (Å²) in [7, 11) is -3.55. The molecule has 28 heavy (non-hydrogen) atoms. The third-order valence-corrected chi connectivity index (χ3v) is 7.80. The molecule has 1 amide bonds. The highest BCUT2D eigenvalue weighted by atomic mass is 32.2. The quantitative estimate of drug-likeness (QED) is 0.851. The lowest BCUT2D eigenvalue weighted by Gasteiger charge is -2.34. The molecule has 1 aliphatic carbocycles. The Morgan fingerprint density at radius 3 is 2.46 bits per heavy atom. The maximum Gasteiger partial charge on any atom is 0.274 e. The van der Waals surface area contributed by atoms with E-state index < -0.39 is 10.0 Å². The molecule has 0 unspecified atom stereocenters. The number of carbonyl (C=O) groups excluding carboxylic acids is 1. The topological polar surface area (TPSA) is 86.4 Å². The van der Waals surface area contributed by atoms with Crippen LogP contribution in [0.5, 0.6) is 0 Å². The van der Waals surface area contributed by atoms with Crippen LogP contribution in [-0.2, 0) is 22.9 Å². The van der Waals surface area contributed by atoms with Crippen LogP contribution in [0.1, 0.15) is 45.7 Å². The summed E-state index contributed by atoms with van der Waals surface area (Å²) < 4.78 is 27.4. The van der Waals surface area contributed by atoms with E-state index >= 15 is 0 Å². The summed E-state index contributed by atoms with van der Waals surface area (Å²) in [5.74, 6) is -0.0948. The lowest BCUT2D eigenvalue weighted by molar-refractivity contribution is 0.0690. The van der Waals surface area contributed by atoms with Gasteiger partial charge < -0.3 is 4.90 Å². The molecule has 0 spiro atoms. The van der Waals surface area contributed by atoms with Gasteiger partial charge in [-0.25, -0.2) is 8.42 Å². The second-order valence-corrected chi connectivity index (χ2v) is 9.62. The lowest BCUT2D eigenvalue weighted by atomic mass is 9.95. The van der Waals surface area contributed by atoms with Gasteiger partial charge in [0.1, 0.15) is 0 Å². The zero-order chi connectivity index (χ0) is 19.9. The molecule has 1 aromatic carbocycles. The van der Waals surface area contributed by atoms with E-state index in [1.165, 1.54) is 4.31 Å². The molecule has 7 nitrogen and oxygen atoms in total. The fourth-order valence-corrected chi connectivity index (χ4v) is 5.47. The standard InChI is InChI=1S/C20H26N4O3S/c1-14-7-8-16(13-15(14)2)28(26,27)24-11-9-23(10-12-24)20(25)19-17-5-3-4-6-18(17)21-22-19/h7-8,13H,3-6,9-12H2,1-2H3,(H,21,22). The van der Waals surface area contributed by atoms with Gasteiger partial charge in [-0.05, 0) is 62.8 Å². The molecule has 0 saturated carbocycles. The van der Waals surface area contributed by atoms with Crippen molar-refractivity contribution >= 4 is 15.9 Å². The van der Waals surface area contributed by atoms with Crippen molar-refractivity contribution < 1.29 is 13.2 Å². The molecule has 150 valence electrons. The molecular formula is C20H26N4O3S. The van der Waals surface area contributed by atoms with Gasteiger partial charge in [0.2, 0.25) is 10.0 Å². The summed E-state index contributed by atoms with van der Waals surface area (Å²) in [6, 6.07) is 5.21. The number of piperazine rings is 1. The normalized spacial score (nSPS) is 18.1. The molecule has 0 radical (unpaired) electrons. The van der Waals surface area contributed by atoms with Crippen LogP contribution in [0, 0.1) is 13.8 Å². The minimum atomic E-state index is -3.55. The number of fused-ring (bicyclic) bond motifs is 1. The molecule has 0 bridgehead atoms. The number of benzene rings is 1. The molecule has 2 aliphatic rings. The summed E-state index contributed by atoms with van der Waals surface area (Å²) in [5.41, 5.74) is 4.65. The van der Waals surface area contributed by atoms with E-state index in [4.69, 9.17) is 0 Å². The Morgan fingerprint density at radius 2 is 1.75 bits per heavy atom. The van der Waals surface area contributed by atoms with Crippen LogP contribution in [0.4, 0.5) is 0 Å². The number of rotatable bonds is 3. The molecule has 1 aromatic heterocycles. The van der Waals surface area contributed by atoms with Crippen molar-refractivity contribution in [2.45, 2.75) is 44.4 Å². The van der Waals surface area contributed by atoms with Crippen LogP contribution < -0.4 is 0 Å². The lowest BCUT2D eigenvalue weighted by Crippen LogP contribution is -2.50. The Kier molecular flexibility index (Phi) is 5.01. The average molecular weight is 403 g/mol. The highest BCUT2D eigenvalue weighted by Crippen LogP contribution is 2.24. The van der Waals surface area contributed by atoms with Gasteiger partial charge in [0.25, 0.3) is 5.91 Å². The summed E-state index contributed by atoms with van der Waals surface area (Å²) in [4.78, 5) is 15.0. The summed E-state index contributed by atoms with van der Waals surface area (Å²) in [5, 5.41) is 7.26. The van der Waals surface area contributed by atoms with E-state index in [9.17, 15) is 13.2 Å². The predicted octanol–water partition coefficient (Wildman–Crippen LogP) is 2.05. The van der Waals surface area contributed by atoms with Crippen molar-refractivity contribution in [3.8, 4) is 0 Å². The maximum absolute atomic E-state index is 13.0. The van der Waals surface area contributed by atoms with Crippen molar-refractivity contribution in [3.63, 3.8) is 0 Å². The van der Waals surface area contributed by atoms with Crippen molar-refractivity contribution in [1.29, 1.82) is 0 Å². The van der Waals surface area contributed by atoms with Crippen LogP contribution >= 0.6 is 0 Å². The molecule has 0 atom stereocenters. The van der Waals surface area contributed by atoms with Crippen LogP contribution in [0.3, 0.4) is 0 Å². The number of amides is 1. The van der Waals surface area contributed by atoms with Crippen molar-refractivity contribution in [1.82, 2.24) is 19.4 Å². The SMILES string of the molecule is Cc1ccc(S(=O)(=O)N2CCN(C(=O)c3n[nH]c4c3CCCC4)CC2)cc1C. The number of H-pyrrole nitrogens is 1. The summed E-state index contributed by atoms with van der Waals surface area (Å²) >= 11 is 0. The number of sulfonamides is 1. The number of hydrogen-bond donors (Lipinski definition) is 1. The summed E-state index contributed by atoms with van der Waals surface area (Å²) in [6.07, 6.45) is 4.03. The minimum Gasteiger partial charge on any atom is -0.335 e. The Hall–Kier alpha value is -2.19. The number of aromatic nitrogens is 2. The maximum atomic E-state index is 13.0. The number of nitrogens with one attached hydrogen (secondary N) is 1. The van der Waals surface area contributed by atoms with Gasteiger partial charge in [-0.2, -0.15) is 9.40 Å². The van der Waals surface area contributed by atoms with Gasteiger partial charge in [0.15, 0.2) is 5.69 Å². The van der Waals surface area contributed by atoms with Gasteiger partial charge in [-0.1, -0.05) is 6.07 Å². The van der Waals surface area contributed by atoms with E-state index in [-0.39, 0.29) is 5.91 Å². The van der Waals surface area contributed by atoms with Crippen LogP contribution in [-0.4, -0.2) is 59.9 Å².